The molecule has 1 aliphatic rings. The fraction of sp³-hybridized carbons (Fsp3) is 0.400. The third-order valence-electron chi connectivity index (χ3n) is 6.10. The van der Waals surface area contributed by atoms with Crippen molar-refractivity contribution in [3.63, 3.8) is 0 Å². The highest BCUT2D eigenvalue weighted by molar-refractivity contribution is 5.92. The molecule has 1 aromatic carbocycles. The molecule has 2 aromatic heterocycles. The second-order valence-electron chi connectivity index (χ2n) is 8.17. The predicted octanol–water partition coefficient (Wildman–Crippen LogP) is 4.50. The number of carbonyl (C=O) groups is 1. The van der Waals surface area contributed by atoms with Crippen LogP contribution in [0.25, 0.3) is 11.7 Å². The van der Waals surface area contributed by atoms with Gasteiger partial charge in [0.25, 0.3) is 5.89 Å². The third kappa shape index (κ3) is 5.26. The standard InChI is InChI=1S/C25H29N5O3/c1-3-29(4-2)17-18-7-5-8-20(15-18)27-23(31)19-10-12-30(13-11-19)25-21(16-26)28-24(33-25)22-9-6-14-32-22/h5-9,14-15,19H,3-4,10-13,17H2,1-2H3,(H,27,31). The maximum absolute atomic E-state index is 12.9. The van der Waals surface area contributed by atoms with E-state index in [-0.39, 0.29) is 23.4 Å². The molecule has 0 radical (unpaired) electrons. The van der Waals surface area contributed by atoms with Gasteiger partial charge in [-0.15, -0.1) is 0 Å². The van der Waals surface area contributed by atoms with E-state index in [0.717, 1.165) is 25.3 Å². The molecular weight excluding hydrogens is 418 g/mol. The molecule has 0 bridgehead atoms. The zero-order chi connectivity index (χ0) is 23.2. The number of oxazole rings is 1. The summed E-state index contributed by atoms with van der Waals surface area (Å²) in [4.78, 5) is 21.5. The summed E-state index contributed by atoms with van der Waals surface area (Å²) in [5.41, 5.74) is 2.25. The predicted molar refractivity (Wildman–Crippen MR) is 126 cm³/mol. The second kappa shape index (κ2) is 10.4. The molecule has 1 amide bonds. The largest absolute Gasteiger partial charge is 0.459 e. The molecule has 3 heterocycles. The molecule has 3 aromatic rings. The van der Waals surface area contributed by atoms with E-state index in [9.17, 15) is 10.1 Å². The minimum Gasteiger partial charge on any atom is -0.459 e. The van der Waals surface area contributed by atoms with Crippen LogP contribution in [0.3, 0.4) is 0 Å². The molecule has 1 aliphatic heterocycles. The van der Waals surface area contributed by atoms with Gasteiger partial charge < -0.3 is 19.1 Å². The van der Waals surface area contributed by atoms with Crippen LogP contribution in [0.2, 0.25) is 0 Å². The van der Waals surface area contributed by atoms with Crippen LogP contribution in [-0.2, 0) is 11.3 Å². The summed E-state index contributed by atoms with van der Waals surface area (Å²) in [5.74, 6) is 1.15. The van der Waals surface area contributed by atoms with E-state index in [0.29, 0.717) is 37.6 Å². The van der Waals surface area contributed by atoms with Crippen molar-refractivity contribution in [2.45, 2.75) is 33.2 Å². The lowest BCUT2D eigenvalue weighted by atomic mass is 9.95. The lowest BCUT2D eigenvalue weighted by Gasteiger charge is -2.31. The lowest BCUT2D eigenvalue weighted by molar-refractivity contribution is -0.120. The fourth-order valence-electron chi connectivity index (χ4n) is 4.15. The van der Waals surface area contributed by atoms with Gasteiger partial charge in [0, 0.05) is 31.2 Å². The van der Waals surface area contributed by atoms with E-state index >= 15 is 0 Å². The first-order valence-electron chi connectivity index (χ1n) is 11.4. The van der Waals surface area contributed by atoms with E-state index in [1.165, 1.54) is 11.8 Å². The first-order chi connectivity index (χ1) is 16.1. The number of anilines is 2. The van der Waals surface area contributed by atoms with Crippen LogP contribution in [0, 0.1) is 17.2 Å². The Hall–Kier alpha value is -3.57. The van der Waals surface area contributed by atoms with Gasteiger partial charge in [0.1, 0.15) is 6.07 Å². The topological polar surface area (TPSA) is 98.5 Å². The van der Waals surface area contributed by atoms with Crippen molar-refractivity contribution in [2.24, 2.45) is 5.92 Å². The van der Waals surface area contributed by atoms with Crippen molar-refractivity contribution < 1.29 is 13.6 Å². The van der Waals surface area contributed by atoms with Crippen molar-refractivity contribution in [1.82, 2.24) is 9.88 Å². The number of benzene rings is 1. The number of hydrogen-bond acceptors (Lipinski definition) is 7. The first kappa shape index (κ1) is 22.6. The maximum atomic E-state index is 12.9. The van der Waals surface area contributed by atoms with Gasteiger partial charge >= 0.3 is 0 Å². The molecule has 4 rings (SSSR count). The smallest absolute Gasteiger partial charge is 0.266 e. The number of nitriles is 1. The van der Waals surface area contributed by atoms with Crippen molar-refractivity contribution in [1.29, 1.82) is 5.26 Å². The quantitative estimate of drug-likeness (QED) is 0.543. The van der Waals surface area contributed by atoms with Crippen LogP contribution in [0.15, 0.2) is 51.5 Å². The van der Waals surface area contributed by atoms with Crippen molar-refractivity contribution in [2.75, 3.05) is 36.4 Å². The third-order valence-corrected chi connectivity index (χ3v) is 6.10. The number of piperidine rings is 1. The average Bonchev–Trinajstić information content (AvgIpc) is 3.53. The number of nitrogens with zero attached hydrogens (tertiary/aromatic N) is 4. The summed E-state index contributed by atoms with van der Waals surface area (Å²) in [6, 6.07) is 13.6. The zero-order valence-electron chi connectivity index (χ0n) is 19.1. The van der Waals surface area contributed by atoms with Gasteiger partial charge in [-0.05, 0) is 55.8 Å². The Morgan fingerprint density at radius 1 is 1.24 bits per heavy atom. The van der Waals surface area contributed by atoms with E-state index in [1.807, 2.05) is 17.0 Å². The molecule has 33 heavy (non-hydrogen) atoms. The molecule has 0 aliphatic carbocycles. The Morgan fingerprint density at radius 2 is 2.03 bits per heavy atom. The molecule has 1 fully saturated rings. The summed E-state index contributed by atoms with van der Waals surface area (Å²) in [5, 5.41) is 12.6. The Morgan fingerprint density at radius 3 is 2.70 bits per heavy atom. The summed E-state index contributed by atoms with van der Waals surface area (Å²) < 4.78 is 11.2. The Balaban J connectivity index is 1.36. The van der Waals surface area contributed by atoms with Crippen LogP contribution >= 0.6 is 0 Å². The number of carbonyl (C=O) groups excluding carboxylic acids is 1. The van der Waals surface area contributed by atoms with Crippen LogP contribution in [-0.4, -0.2) is 42.0 Å². The highest BCUT2D eigenvalue weighted by Gasteiger charge is 2.29. The summed E-state index contributed by atoms with van der Waals surface area (Å²) in [6.07, 6.45) is 2.88. The molecule has 0 unspecified atom stereocenters. The molecule has 8 heteroatoms. The molecular formula is C25H29N5O3. The molecule has 1 N–H and O–H groups in total. The number of furan rings is 1. The van der Waals surface area contributed by atoms with Crippen LogP contribution < -0.4 is 10.2 Å². The van der Waals surface area contributed by atoms with E-state index in [1.54, 1.807) is 12.1 Å². The molecule has 1 saturated heterocycles. The summed E-state index contributed by atoms with van der Waals surface area (Å²) in [7, 11) is 0. The minimum absolute atomic E-state index is 0.0315. The van der Waals surface area contributed by atoms with Crippen LogP contribution in [0.4, 0.5) is 11.6 Å². The summed E-state index contributed by atoms with van der Waals surface area (Å²) in [6.45, 7) is 8.38. The fourth-order valence-corrected chi connectivity index (χ4v) is 4.15. The van der Waals surface area contributed by atoms with Crippen LogP contribution in [0.1, 0.15) is 37.9 Å². The number of amides is 1. The zero-order valence-corrected chi connectivity index (χ0v) is 19.1. The van der Waals surface area contributed by atoms with Gasteiger partial charge in [0.05, 0.1) is 6.26 Å². The van der Waals surface area contributed by atoms with Gasteiger partial charge in [-0.3, -0.25) is 9.69 Å². The van der Waals surface area contributed by atoms with Gasteiger partial charge in [-0.2, -0.15) is 10.2 Å². The number of rotatable bonds is 8. The average molecular weight is 448 g/mol. The van der Waals surface area contributed by atoms with E-state index in [4.69, 9.17) is 8.83 Å². The Kier molecular flexibility index (Phi) is 7.10. The van der Waals surface area contributed by atoms with E-state index in [2.05, 4.69) is 47.3 Å². The molecule has 172 valence electrons. The highest BCUT2D eigenvalue weighted by Crippen LogP contribution is 2.31. The van der Waals surface area contributed by atoms with Crippen molar-refractivity contribution >= 4 is 17.5 Å². The molecule has 0 saturated carbocycles. The number of nitrogens with one attached hydrogen (secondary N) is 1. The van der Waals surface area contributed by atoms with Gasteiger partial charge in [-0.1, -0.05) is 26.0 Å². The van der Waals surface area contributed by atoms with E-state index < -0.39 is 0 Å². The van der Waals surface area contributed by atoms with Crippen LogP contribution in [0.5, 0.6) is 0 Å². The van der Waals surface area contributed by atoms with Crippen molar-refractivity contribution in [3.05, 3.63) is 53.9 Å². The molecule has 0 atom stereocenters. The normalized spacial score (nSPS) is 14.4. The van der Waals surface area contributed by atoms with Crippen molar-refractivity contribution in [3.8, 4) is 17.7 Å². The monoisotopic (exact) mass is 447 g/mol. The first-order valence-corrected chi connectivity index (χ1v) is 11.4. The maximum Gasteiger partial charge on any atom is 0.266 e. The molecule has 8 nitrogen and oxygen atoms in total. The molecule has 0 spiro atoms. The second-order valence-corrected chi connectivity index (χ2v) is 8.17. The minimum atomic E-state index is -0.0920. The lowest BCUT2D eigenvalue weighted by Crippen LogP contribution is -2.38. The Bertz CT molecular complexity index is 1100. The summed E-state index contributed by atoms with van der Waals surface area (Å²) >= 11 is 0. The van der Waals surface area contributed by atoms with Gasteiger partial charge in [0.15, 0.2) is 5.76 Å². The van der Waals surface area contributed by atoms with Gasteiger partial charge in [0.2, 0.25) is 17.5 Å². The SMILES string of the molecule is CCN(CC)Cc1cccc(NC(=O)C2CCN(c3oc(-c4ccco4)nc3C#N)CC2)c1. The van der Waals surface area contributed by atoms with Gasteiger partial charge in [-0.25, -0.2) is 0 Å². The number of aromatic nitrogens is 1. The number of hydrogen-bond donors (Lipinski definition) is 1. The Labute approximate surface area is 193 Å². The highest BCUT2D eigenvalue weighted by atomic mass is 16.4.